The van der Waals surface area contributed by atoms with Crippen molar-refractivity contribution in [2.75, 3.05) is 6.61 Å². The first-order valence-corrected chi connectivity index (χ1v) is 8.18. The van der Waals surface area contributed by atoms with Crippen LogP contribution in [-0.4, -0.2) is 21.5 Å². The van der Waals surface area contributed by atoms with Gasteiger partial charge in [-0.2, -0.15) is 4.39 Å². The maximum absolute atomic E-state index is 13.9. The molecule has 1 aliphatic rings. The van der Waals surface area contributed by atoms with Crippen LogP contribution in [0.5, 0.6) is 0 Å². The predicted molar refractivity (Wildman–Crippen MR) is 87.6 cm³/mol. The summed E-state index contributed by atoms with van der Waals surface area (Å²) in [6, 6.07) is 6.48. The third kappa shape index (κ3) is 3.25. The standard InChI is InChI=1S/C16H14BrFN2O4/c17-11-5-3-10(4-6-11)13(21)9-20-15(22)12(18)8-19(16(20)23)14-2-1-7-24-14/h3-6,8,14H,1-2,7,9H2. The smallest absolute Gasteiger partial charge is 0.333 e. The van der Waals surface area contributed by atoms with Crippen LogP contribution in [-0.2, 0) is 11.3 Å². The number of hydrogen-bond donors (Lipinski definition) is 0. The Morgan fingerprint density at radius 1 is 1.29 bits per heavy atom. The second kappa shape index (κ2) is 6.82. The first kappa shape index (κ1) is 16.8. The summed E-state index contributed by atoms with van der Waals surface area (Å²) in [6.45, 7) is -0.0561. The molecule has 0 saturated carbocycles. The molecular formula is C16H14BrFN2O4. The lowest BCUT2D eigenvalue weighted by Gasteiger charge is -2.15. The van der Waals surface area contributed by atoms with Gasteiger partial charge in [-0.25, -0.2) is 9.36 Å². The Bertz CT molecular complexity index is 882. The molecule has 126 valence electrons. The average molecular weight is 397 g/mol. The molecule has 1 unspecified atom stereocenters. The topological polar surface area (TPSA) is 70.3 Å². The highest BCUT2D eigenvalue weighted by Crippen LogP contribution is 2.20. The van der Waals surface area contributed by atoms with Crippen LogP contribution in [0, 0.1) is 5.82 Å². The number of carbonyl (C=O) groups is 1. The summed E-state index contributed by atoms with van der Waals surface area (Å²) < 4.78 is 21.7. The molecule has 2 aromatic rings. The normalized spacial score (nSPS) is 17.2. The number of carbonyl (C=O) groups excluding carboxylic acids is 1. The molecule has 24 heavy (non-hydrogen) atoms. The Labute approximate surface area is 144 Å². The molecule has 0 spiro atoms. The lowest BCUT2D eigenvalue weighted by molar-refractivity contribution is 0.0501. The van der Waals surface area contributed by atoms with Gasteiger partial charge in [0.2, 0.25) is 5.82 Å². The van der Waals surface area contributed by atoms with Gasteiger partial charge in [-0.3, -0.25) is 14.2 Å². The minimum atomic E-state index is -1.11. The fourth-order valence-electron chi connectivity index (χ4n) is 2.58. The van der Waals surface area contributed by atoms with Crippen LogP contribution in [0.15, 0.2) is 44.5 Å². The quantitative estimate of drug-likeness (QED) is 0.742. The lowest BCUT2D eigenvalue weighted by atomic mass is 10.1. The summed E-state index contributed by atoms with van der Waals surface area (Å²) in [5.41, 5.74) is -1.53. The van der Waals surface area contributed by atoms with Crippen molar-refractivity contribution in [1.82, 2.24) is 9.13 Å². The number of hydrogen-bond acceptors (Lipinski definition) is 4. The van der Waals surface area contributed by atoms with Crippen LogP contribution in [0.3, 0.4) is 0 Å². The number of benzene rings is 1. The van der Waals surface area contributed by atoms with Crippen molar-refractivity contribution < 1.29 is 13.9 Å². The highest BCUT2D eigenvalue weighted by atomic mass is 79.9. The summed E-state index contributed by atoms with van der Waals surface area (Å²) >= 11 is 3.26. The molecule has 0 N–H and O–H groups in total. The van der Waals surface area contributed by atoms with Crippen molar-refractivity contribution in [2.24, 2.45) is 0 Å². The molecule has 0 amide bonds. The zero-order valence-corrected chi connectivity index (χ0v) is 14.2. The molecule has 1 fully saturated rings. The van der Waals surface area contributed by atoms with Gasteiger partial charge in [-0.05, 0) is 25.0 Å². The summed E-state index contributed by atoms with van der Waals surface area (Å²) in [6.07, 6.45) is 1.54. The van der Waals surface area contributed by atoms with E-state index >= 15 is 0 Å². The largest absolute Gasteiger partial charge is 0.358 e. The lowest BCUT2D eigenvalue weighted by Crippen LogP contribution is -2.43. The number of aromatic nitrogens is 2. The monoisotopic (exact) mass is 396 g/mol. The van der Waals surface area contributed by atoms with Gasteiger partial charge in [0.25, 0.3) is 5.56 Å². The number of ketones is 1. The predicted octanol–water partition coefficient (Wildman–Crippen LogP) is 2.10. The molecule has 1 aromatic carbocycles. The second-order valence-corrected chi connectivity index (χ2v) is 6.37. The maximum atomic E-state index is 13.9. The van der Waals surface area contributed by atoms with Crippen molar-refractivity contribution >= 4 is 21.7 Å². The minimum absolute atomic E-state index is 0.331. The summed E-state index contributed by atoms with van der Waals surface area (Å²) in [5, 5.41) is 0. The van der Waals surface area contributed by atoms with E-state index in [9.17, 15) is 18.8 Å². The van der Waals surface area contributed by atoms with E-state index in [-0.39, 0.29) is 0 Å². The minimum Gasteiger partial charge on any atom is -0.358 e. The molecule has 0 aliphatic carbocycles. The molecule has 1 aliphatic heterocycles. The number of halogens is 2. The Balaban J connectivity index is 1.97. The fraction of sp³-hybridized carbons (Fsp3) is 0.312. The third-order valence-corrected chi connectivity index (χ3v) is 4.37. The number of rotatable bonds is 4. The molecular weight excluding hydrogens is 383 g/mol. The molecule has 1 saturated heterocycles. The van der Waals surface area contributed by atoms with Gasteiger partial charge in [-0.15, -0.1) is 0 Å². The van der Waals surface area contributed by atoms with Gasteiger partial charge in [0, 0.05) is 16.6 Å². The number of ether oxygens (including phenoxy) is 1. The Morgan fingerprint density at radius 2 is 2.00 bits per heavy atom. The van der Waals surface area contributed by atoms with Gasteiger partial charge < -0.3 is 4.74 Å². The van der Waals surface area contributed by atoms with E-state index in [0.717, 1.165) is 21.7 Å². The average Bonchev–Trinajstić information content (AvgIpc) is 3.09. The van der Waals surface area contributed by atoms with Gasteiger partial charge in [0.05, 0.1) is 12.7 Å². The van der Waals surface area contributed by atoms with E-state index in [2.05, 4.69) is 15.9 Å². The molecule has 1 atom stereocenters. The fourth-order valence-corrected chi connectivity index (χ4v) is 2.85. The summed E-state index contributed by atoms with van der Waals surface area (Å²) in [4.78, 5) is 36.7. The molecule has 2 heterocycles. The number of nitrogens with zero attached hydrogens (tertiary/aromatic N) is 2. The van der Waals surface area contributed by atoms with E-state index in [4.69, 9.17) is 4.74 Å². The SMILES string of the molecule is O=C(Cn1c(=O)c(F)cn(C2CCCO2)c1=O)c1ccc(Br)cc1. The van der Waals surface area contributed by atoms with Gasteiger partial charge in [0.15, 0.2) is 5.78 Å². The molecule has 6 nitrogen and oxygen atoms in total. The van der Waals surface area contributed by atoms with Gasteiger partial charge in [0.1, 0.15) is 6.23 Å². The van der Waals surface area contributed by atoms with Crippen molar-refractivity contribution in [3.8, 4) is 0 Å². The van der Waals surface area contributed by atoms with E-state index < -0.39 is 35.6 Å². The molecule has 3 rings (SSSR count). The maximum Gasteiger partial charge on any atom is 0.333 e. The Morgan fingerprint density at radius 3 is 2.62 bits per heavy atom. The zero-order valence-electron chi connectivity index (χ0n) is 12.6. The highest BCUT2D eigenvalue weighted by Gasteiger charge is 2.23. The molecule has 0 bridgehead atoms. The Hall–Kier alpha value is -2.06. The second-order valence-electron chi connectivity index (χ2n) is 5.46. The first-order valence-electron chi connectivity index (χ1n) is 7.39. The van der Waals surface area contributed by atoms with Crippen LogP contribution in [0.2, 0.25) is 0 Å². The zero-order chi connectivity index (χ0) is 17.3. The first-order chi connectivity index (χ1) is 11.5. The summed E-state index contributed by atoms with van der Waals surface area (Å²) in [7, 11) is 0. The molecule has 1 aromatic heterocycles. The van der Waals surface area contributed by atoms with E-state index in [1.165, 1.54) is 0 Å². The van der Waals surface area contributed by atoms with Crippen LogP contribution >= 0.6 is 15.9 Å². The number of Topliss-reactive ketones (excluding diaryl/α,β-unsaturated/α-hetero) is 1. The van der Waals surface area contributed by atoms with Crippen LogP contribution < -0.4 is 11.2 Å². The van der Waals surface area contributed by atoms with Crippen molar-refractivity contribution in [1.29, 1.82) is 0 Å². The van der Waals surface area contributed by atoms with Gasteiger partial charge >= 0.3 is 5.69 Å². The van der Waals surface area contributed by atoms with Crippen molar-refractivity contribution in [3.63, 3.8) is 0 Å². The van der Waals surface area contributed by atoms with Crippen molar-refractivity contribution in [3.05, 3.63) is 67.2 Å². The Kier molecular flexibility index (Phi) is 4.77. The van der Waals surface area contributed by atoms with E-state index in [1.807, 2.05) is 0 Å². The van der Waals surface area contributed by atoms with Gasteiger partial charge in [-0.1, -0.05) is 28.1 Å². The summed E-state index contributed by atoms with van der Waals surface area (Å²) in [5.74, 6) is -1.54. The molecule has 0 radical (unpaired) electrons. The van der Waals surface area contributed by atoms with E-state index in [1.54, 1.807) is 24.3 Å². The van der Waals surface area contributed by atoms with Crippen LogP contribution in [0.4, 0.5) is 4.39 Å². The van der Waals surface area contributed by atoms with E-state index in [0.29, 0.717) is 23.2 Å². The van der Waals surface area contributed by atoms with Crippen LogP contribution in [0.25, 0.3) is 0 Å². The third-order valence-electron chi connectivity index (χ3n) is 3.84. The highest BCUT2D eigenvalue weighted by molar-refractivity contribution is 9.10. The molecule has 8 heteroatoms. The van der Waals surface area contributed by atoms with Crippen molar-refractivity contribution in [2.45, 2.75) is 25.6 Å². The van der Waals surface area contributed by atoms with Crippen LogP contribution in [0.1, 0.15) is 29.4 Å².